The topological polar surface area (TPSA) is 60.9 Å². The lowest BCUT2D eigenvalue weighted by molar-refractivity contribution is 0.394. The molecule has 0 spiro atoms. The van der Waals surface area contributed by atoms with Gasteiger partial charge in [0.25, 0.3) is 5.56 Å². The minimum Gasteiger partial charge on any atom is -0.360 e. The van der Waals surface area contributed by atoms with Crippen LogP contribution in [-0.2, 0) is 13.5 Å². The molecule has 0 saturated carbocycles. The van der Waals surface area contributed by atoms with E-state index in [1.54, 1.807) is 7.05 Å². The molecule has 0 amide bonds. The van der Waals surface area contributed by atoms with Gasteiger partial charge in [0.2, 0.25) is 0 Å². The molecular weight excluding hydrogens is 242 g/mol. The Hall–Kier alpha value is -2.43. The summed E-state index contributed by atoms with van der Waals surface area (Å²) in [6.45, 7) is 1.96. The molecule has 1 aromatic carbocycles. The Morgan fingerprint density at radius 1 is 1.26 bits per heavy atom. The Kier molecular flexibility index (Phi) is 2.67. The van der Waals surface area contributed by atoms with Crippen molar-refractivity contribution in [2.75, 3.05) is 0 Å². The number of rotatable bonds is 2. The largest absolute Gasteiger partial charge is 0.360 e. The van der Waals surface area contributed by atoms with Crippen LogP contribution in [-0.4, -0.2) is 14.9 Å². The van der Waals surface area contributed by atoms with E-state index in [2.05, 4.69) is 10.3 Å². The van der Waals surface area contributed by atoms with Crippen molar-refractivity contribution in [2.45, 2.75) is 13.3 Å². The summed E-state index contributed by atoms with van der Waals surface area (Å²) < 4.78 is 6.56. The number of nitrogens with zero attached hydrogens (tertiary/aromatic N) is 3. The van der Waals surface area contributed by atoms with E-state index >= 15 is 0 Å². The van der Waals surface area contributed by atoms with E-state index in [4.69, 9.17) is 4.52 Å². The minimum absolute atomic E-state index is 0.238. The SMILES string of the molecule is CCc1onc2c(=O)n(C)nc(-c3ccccc3)c12. The van der Waals surface area contributed by atoms with Crippen molar-refractivity contribution in [1.82, 2.24) is 14.9 Å². The first-order valence-corrected chi connectivity index (χ1v) is 6.13. The maximum Gasteiger partial charge on any atom is 0.296 e. The minimum atomic E-state index is -0.238. The highest BCUT2D eigenvalue weighted by Gasteiger charge is 2.18. The lowest BCUT2D eigenvalue weighted by Gasteiger charge is -2.04. The zero-order chi connectivity index (χ0) is 13.4. The summed E-state index contributed by atoms with van der Waals surface area (Å²) in [7, 11) is 1.62. The van der Waals surface area contributed by atoms with E-state index in [1.807, 2.05) is 37.3 Å². The predicted octanol–water partition coefficient (Wildman–Crippen LogP) is 2.15. The first kappa shape index (κ1) is 11.6. The first-order chi connectivity index (χ1) is 9.22. The van der Waals surface area contributed by atoms with Crippen molar-refractivity contribution in [2.24, 2.45) is 7.05 Å². The average Bonchev–Trinajstić information content (AvgIpc) is 2.88. The van der Waals surface area contributed by atoms with Crippen LogP contribution in [0.4, 0.5) is 0 Å². The van der Waals surface area contributed by atoms with Crippen LogP contribution >= 0.6 is 0 Å². The average molecular weight is 255 g/mol. The van der Waals surface area contributed by atoms with Gasteiger partial charge in [0.15, 0.2) is 5.52 Å². The number of hydrogen-bond acceptors (Lipinski definition) is 4. The third kappa shape index (κ3) is 1.74. The third-order valence-electron chi connectivity index (χ3n) is 3.11. The Bertz CT molecular complexity index is 788. The summed E-state index contributed by atoms with van der Waals surface area (Å²) in [4.78, 5) is 12.0. The van der Waals surface area contributed by atoms with Crippen molar-refractivity contribution >= 4 is 10.9 Å². The van der Waals surface area contributed by atoms with Gasteiger partial charge in [0, 0.05) is 19.0 Å². The molecule has 19 heavy (non-hydrogen) atoms. The Balaban J connectivity index is 2.44. The van der Waals surface area contributed by atoms with E-state index in [-0.39, 0.29) is 5.56 Å². The molecule has 0 radical (unpaired) electrons. The highest BCUT2D eigenvalue weighted by Crippen LogP contribution is 2.27. The summed E-state index contributed by atoms with van der Waals surface area (Å²) in [6, 6.07) is 9.73. The quantitative estimate of drug-likeness (QED) is 0.704. The lowest BCUT2D eigenvalue weighted by atomic mass is 10.1. The fourth-order valence-corrected chi connectivity index (χ4v) is 2.15. The number of fused-ring (bicyclic) bond motifs is 1. The Morgan fingerprint density at radius 2 is 2.00 bits per heavy atom. The highest BCUT2D eigenvalue weighted by atomic mass is 16.5. The Labute approximate surface area is 109 Å². The van der Waals surface area contributed by atoms with Crippen LogP contribution in [0.2, 0.25) is 0 Å². The van der Waals surface area contributed by atoms with Crippen LogP contribution in [0, 0.1) is 0 Å². The second-order valence-electron chi connectivity index (χ2n) is 4.33. The Morgan fingerprint density at radius 3 is 2.68 bits per heavy atom. The smallest absolute Gasteiger partial charge is 0.296 e. The van der Waals surface area contributed by atoms with Crippen molar-refractivity contribution in [3.63, 3.8) is 0 Å². The van der Waals surface area contributed by atoms with Crippen molar-refractivity contribution in [1.29, 1.82) is 0 Å². The molecule has 2 heterocycles. The second-order valence-corrected chi connectivity index (χ2v) is 4.33. The second kappa shape index (κ2) is 4.35. The van der Waals surface area contributed by atoms with E-state index in [0.717, 1.165) is 16.6 Å². The van der Waals surface area contributed by atoms with Gasteiger partial charge in [-0.3, -0.25) is 4.79 Å². The van der Waals surface area contributed by atoms with E-state index in [9.17, 15) is 4.79 Å². The fourth-order valence-electron chi connectivity index (χ4n) is 2.15. The molecule has 0 aliphatic carbocycles. The van der Waals surface area contributed by atoms with Gasteiger partial charge in [-0.05, 0) is 0 Å². The molecule has 5 heteroatoms. The van der Waals surface area contributed by atoms with E-state index < -0.39 is 0 Å². The number of aryl methyl sites for hydroxylation is 2. The molecule has 0 aliphatic heterocycles. The van der Waals surface area contributed by atoms with Gasteiger partial charge < -0.3 is 4.52 Å². The van der Waals surface area contributed by atoms with Gasteiger partial charge in [-0.15, -0.1) is 0 Å². The van der Waals surface area contributed by atoms with Crippen LogP contribution in [0.15, 0.2) is 39.6 Å². The number of aromatic nitrogens is 3. The number of benzene rings is 1. The summed E-state index contributed by atoms with van der Waals surface area (Å²) in [6.07, 6.45) is 0.672. The molecule has 0 saturated heterocycles. The molecule has 0 unspecified atom stereocenters. The molecule has 3 aromatic rings. The summed E-state index contributed by atoms with van der Waals surface area (Å²) >= 11 is 0. The maximum atomic E-state index is 12.0. The van der Waals surface area contributed by atoms with Crippen LogP contribution < -0.4 is 5.56 Å². The molecule has 0 bridgehead atoms. The van der Waals surface area contributed by atoms with Gasteiger partial charge in [-0.1, -0.05) is 42.4 Å². The summed E-state index contributed by atoms with van der Waals surface area (Å²) in [5.41, 5.74) is 1.78. The molecule has 0 fully saturated rings. The van der Waals surface area contributed by atoms with Gasteiger partial charge in [0.05, 0.1) is 5.39 Å². The molecule has 3 rings (SSSR count). The van der Waals surface area contributed by atoms with Gasteiger partial charge >= 0.3 is 0 Å². The highest BCUT2D eigenvalue weighted by molar-refractivity contribution is 5.93. The molecule has 0 atom stereocenters. The molecule has 2 aromatic heterocycles. The zero-order valence-electron chi connectivity index (χ0n) is 10.8. The predicted molar refractivity (Wildman–Crippen MR) is 71.9 cm³/mol. The third-order valence-corrected chi connectivity index (χ3v) is 3.11. The van der Waals surface area contributed by atoms with Gasteiger partial charge in [-0.2, -0.15) is 5.10 Å². The van der Waals surface area contributed by atoms with E-state index in [1.165, 1.54) is 4.68 Å². The lowest BCUT2D eigenvalue weighted by Crippen LogP contribution is -2.20. The van der Waals surface area contributed by atoms with Crippen LogP contribution in [0.1, 0.15) is 12.7 Å². The van der Waals surface area contributed by atoms with Crippen molar-refractivity contribution < 1.29 is 4.52 Å². The van der Waals surface area contributed by atoms with E-state index in [0.29, 0.717) is 17.7 Å². The van der Waals surface area contributed by atoms with Crippen molar-refractivity contribution in [3.05, 3.63) is 46.4 Å². The normalized spacial score (nSPS) is 11.1. The molecule has 0 N–H and O–H groups in total. The van der Waals surface area contributed by atoms with Crippen molar-refractivity contribution in [3.8, 4) is 11.3 Å². The zero-order valence-corrected chi connectivity index (χ0v) is 10.8. The summed E-state index contributed by atoms with van der Waals surface area (Å²) in [5.74, 6) is 0.694. The number of hydrogen-bond donors (Lipinski definition) is 0. The fraction of sp³-hybridized carbons (Fsp3) is 0.214. The molecular formula is C14H13N3O2. The summed E-state index contributed by atoms with van der Waals surface area (Å²) in [5, 5.41) is 8.96. The molecule has 96 valence electrons. The molecule has 0 aliphatic rings. The van der Waals surface area contributed by atoms with Crippen LogP contribution in [0.25, 0.3) is 22.2 Å². The maximum absolute atomic E-state index is 12.0. The standard InChI is InChI=1S/C14H13N3O2/c1-3-10-11-12(9-7-5-4-6-8-9)15-17(2)14(18)13(11)16-19-10/h4-8H,3H2,1-2H3. The first-order valence-electron chi connectivity index (χ1n) is 6.13. The van der Waals surface area contributed by atoms with Crippen LogP contribution in [0.5, 0.6) is 0 Å². The van der Waals surface area contributed by atoms with Crippen LogP contribution in [0.3, 0.4) is 0 Å². The van der Waals surface area contributed by atoms with Gasteiger partial charge in [0.1, 0.15) is 11.5 Å². The monoisotopic (exact) mass is 255 g/mol. The molecule has 5 nitrogen and oxygen atoms in total. The van der Waals surface area contributed by atoms with Gasteiger partial charge in [-0.25, -0.2) is 4.68 Å².